The van der Waals surface area contributed by atoms with Gasteiger partial charge in [-0.15, -0.1) is 0 Å². The quantitative estimate of drug-likeness (QED) is 0.423. The maximum atomic E-state index is 13.7. The molecule has 0 aliphatic carbocycles. The predicted molar refractivity (Wildman–Crippen MR) is 165 cm³/mol. The zero-order valence-corrected chi connectivity index (χ0v) is 25.5. The third-order valence-corrected chi connectivity index (χ3v) is 7.82. The molecule has 0 N–H and O–H groups in total. The van der Waals surface area contributed by atoms with Gasteiger partial charge < -0.3 is 14.5 Å². The second kappa shape index (κ2) is 14.3. The van der Waals surface area contributed by atoms with Crippen LogP contribution in [0.5, 0.6) is 5.75 Å². The van der Waals surface area contributed by atoms with Crippen molar-refractivity contribution in [1.29, 1.82) is 0 Å². The molecule has 2 amide bonds. The molecule has 0 spiro atoms. The number of anilines is 1. The van der Waals surface area contributed by atoms with Crippen molar-refractivity contribution in [3.63, 3.8) is 0 Å². The van der Waals surface area contributed by atoms with E-state index in [1.54, 1.807) is 11.5 Å². The number of benzene rings is 2. The summed E-state index contributed by atoms with van der Waals surface area (Å²) in [6.45, 7) is 13.1. The molecule has 0 atom stereocenters. The highest BCUT2D eigenvalue weighted by Crippen LogP contribution is 2.28. The van der Waals surface area contributed by atoms with Crippen molar-refractivity contribution in [3.8, 4) is 5.75 Å². The highest BCUT2D eigenvalue weighted by Gasteiger charge is 2.26. The van der Waals surface area contributed by atoms with Gasteiger partial charge in [-0.25, -0.2) is 4.79 Å². The third kappa shape index (κ3) is 7.85. The molecular weight excluding hydrogens is 530 g/mol. The number of fused-ring (bicyclic) bond motifs is 1. The molecule has 9 heteroatoms. The lowest BCUT2D eigenvalue weighted by molar-refractivity contribution is -0.132. The fourth-order valence-electron chi connectivity index (χ4n) is 5.55. The van der Waals surface area contributed by atoms with Crippen molar-refractivity contribution in [1.82, 2.24) is 19.4 Å². The summed E-state index contributed by atoms with van der Waals surface area (Å²) in [5.74, 6) is 0.488. The number of rotatable bonds is 7. The summed E-state index contributed by atoms with van der Waals surface area (Å²) in [7, 11) is 0. The molecule has 0 saturated carbocycles. The van der Waals surface area contributed by atoms with E-state index >= 15 is 0 Å². The molecule has 2 heterocycles. The van der Waals surface area contributed by atoms with Crippen molar-refractivity contribution < 1.29 is 14.3 Å². The fraction of sp³-hybridized carbons (Fsp3) is 0.455. The number of hydrogen-bond acceptors (Lipinski definition) is 6. The summed E-state index contributed by atoms with van der Waals surface area (Å²) >= 11 is 0. The molecular formula is C33H43N5O4. The first kappa shape index (κ1) is 31.0. The largest absolute Gasteiger partial charge is 0.484 e. The van der Waals surface area contributed by atoms with E-state index in [4.69, 9.17) is 4.74 Å². The van der Waals surface area contributed by atoms with Crippen LogP contribution < -0.4 is 15.3 Å². The normalized spacial score (nSPS) is 14.8. The molecule has 1 aliphatic rings. The van der Waals surface area contributed by atoms with Gasteiger partial charge in [0.1, 0.15) is 5.75 Å². The van der Waals surface area contributed by atoms with Crippen LogP contribution in [0, 0.1) is 20.8 Å². The Hall–Kier alpha value is -3.98. The summed E-state index contributed by atoms with van der Waals surface area (Å²) in [6.07, 6.45) is 0.974. The van der Waals surface area contributed by atoms with Gasteiger partial charge in [-0.1, -0.05) is 36.4 Å². The summed E-state index contributed by atoms with van der Waals surface area (Å²) in [5.41, 5.74) is 3.85. The van der Waals surface area contributed by atoms with Gasteiger partial charge in [-0.05, 0) is 70.4 Å². The number of ether oxygens (including phenoxy) is 1. The van der Waals surface area contributed by atoms with Crippen LogP contribution in [0.4, 0.5) is 5.69 Å². The van der Waals surface area contributed by atoms with Gasteiger partial charge >= 0.3 is 5.69 Å². The van der Waals surface area contributed by atoms with Gasteiger partial charge in [0.2, 0.25) is 5.91 Å². The molecule has 0 bridgehead atoms. The van der Waals surface area contributed by atoms with Crippen LogP contribution in [0.25, 0.3) is 0 Å². The minimum atomic E-state index is -0.337. The molecule has 1 aliphatic heterocycles. The van der Waals surface area contributed by atoms with Gasteiger partial charge in [-0.3, -0.25) is 19.1 Å². The molecule has 4 rings (SSSR count). The number of carbonyl (C=O) groups excluding carboxylic acids is 2. The number of carbonyl (C=O) groups is 2. The number of amides is 2. The predicted octanol–water partition coefficient (Wildman–Crippen LogP) is 4.11. The Morgan fingerprint density at radius 2 is 1.69 bits per heavy atom. The van der Waals surface area contributed by atoms with E-state index in [9.17, 15) is 14.4 Å². The molecule has 0 radical (unpaired) electrons. The van der Waals surface area contributed by atoms with Crippen molar-refractivity contribution >= 4 is 17.5 Å². The van der Waals surface area contributed by atoms with Crippen LogP contribution in [-0.4, -0.2) is 70.0 Å². The van der Waals surface area contributed by atoms with Crippen molar-refractivity contribution in [3.05, 3.63) is 87.6 Å². The SMILES string of the molecule is Cc1cc(C)n(CCC(=O)N2CCN(C(C)C)CCCN(C(=O)COc3ccccc3)c3c(C)cccc3C2)c(=O)n1. The Morgan fingerprint density at radius 1 is 0.929 bits per heavy atom. The molecule has 2 aromatic carbocycles. The van der Waals surface area contributed by atoms with Gasteiger partial charge in [0, 0.05) is 63.1 Å². The maximum absolute atomic E-state index is 13.7. The van der Waals surface area contributed by atoms with Crippen molar-refractivity contribution in [2.45, 2.75) is 66.6 Å². The fourth-order valence-corrected chi connectivity index (χ4v) is 5.55. The highest BCUT2D eigenvalue weighted by atomic mass is 16.5. The maximum Gasteiger partial charge on any atom is 0.347 e. The zero-order chi connectivity index (χ0) is 30.2. The number of hydrogen-bond donors (Lipinski definition) is 0. The topological polar surface area (TPSA) is 88.0 Å². The van der Waals surface area contributed by atoms with Crippen LogP contribution in [0.2, 0.25) is 0 Å². The Balaban J connectivity index is 1.62. The highest BCUT2D eigenvalue weighted by molar-refractivity contribution is 5.96. The molecule has 1 aromatic heterocycles. The number of aryl methyl sites for hydroxylation is 3. The van der Waals surface area contributed by atoms with E-state index in [0.29, 0.717) is 31.1 Å². The zero-order valence-electron chi connectivity index (χ0n) is 25.5. The van der Waals surface area contributed by atoms with E-state index in [0.717, 1.165) is 42.0 Å². The number of para-hydroxylation sites is 2. The number of aromatic nitrogens is 2. The van der Waals surface area contributed by atoms with Crippen LogP contribution in [-0.2, 0) is 22.7 Å². The van der Waals surface area contributed by atoms with Gasteiger partial charge in [0.05, 0.1) is 5.69 Å². The molecule has 0 unspecified atom stereocenters. The Morgan fingerprint density at radius 3 is 2.40 bits per heavy atom. The number of nitrogens with zero attached hydrogens (tertiary/aromatic N) is 5. The first-order chi connectivity index (χ1) is 20.1. The standard InChI is InChI=1S/C33H43N5O4/c1-24(2)35-16-10-17-38(31(40)23-42-29-13-7-6-8-14-29)32-25(3)11-9-12-28(32)22-36(20-19-35)30(39)15-18-37-27(5)21-26(4)34-33(37)41/h6-9,11-14,21,24H,10,15-20,22-23H2,1-5H3. The average molecular weight is 574 g/mol. The Labute approximate surface area is 248 Å². The molecule has 224 valence electrons. The van der Waals surface area contributed by atoms with E-state index in [1.165, 1.54) is 0 Å². The summed E-state index contributed by atoms with van der Waals surface area (Å²) in [6, 6.07) is 17.5. The molecule has 9 nitrogen and oxygen atoms in total. The lowest BCUT2D eigenvalue weighted by Gasteiger charge is -2.30. The van der Waals surface area contributed by atoms with Crippen LogP contribution >= 0.6 is 0 Å². The van der Waals surface area contributed by atoms with Gasteiger partial charge in [0.15, 0.2) is 6.61 Å². The molecule has 0 saturated heterocycles. The van der Waals surface area contributed by atoms with E-state index in [1.807, 2.05) is 78.2 Å². The monoisotopic (exact) mass is 573 g/mol. The van der Waals surface area contributed by atoms with Crippen molar-refractivity contribution in [2.75, 3.05) is 37.7 Å². The smallest absolute Gasteiger partial charge is 0.347 e. The van der Waals surface area contributed by atoms with E-state index < -0.39 is 0 Å². The van der Waals surface area contributed by atoms with Crippen LogP contribution in [0.1, 0.15) is 49.2 Å². The first-order valence-electron chi connectivity index (χ1n) is 14.8. The Bertz CT molecular complexity index is 1440. The second-order valence-electron chi connectivity index (χ2n) is 11.3. The van der Waals surface area contributed by atoms with Crippen molar-refractivity contribution in [2.24, 2.45) is 0 Å². The minimum Gasteiger partial charge on any atom is -0.484 e. The molecule has 42 heavy (non-hydrogen) atoms. The second-order valence-corrected chi connectivity index (χ2v) is 11.3. The lowest BCUT2D eigenvalue weighted by Crippen LogP contribution is -2.42. The average Bonchev–Trinajstić information content (AvgIpc) is 2.98. The Kier molecular flexibility index (Phi) is 10.5. The lowest BCUT2D eigenvalue weighted by atomic mass is 10.0. The first-order valence-corrected chi connectivity index (χ1v) is 14.8. The molecule has 0 fully saturated rings. The summed E-state index contributed by atoms with van der Waals surface area (Å²) < 4.78 is 7.41. The molecule has 3 aromatic rings. The van der Waals surface area contributed by atoms with E-state index in [-0.39, 0.29) is 43.1 Å². The summed E-state index contributed by atoms with van der Waals surface area (Å²) in [4.78, 5) is 50.0. The van der Waals surface area contributed by atoms with Gasteiger partial charge in [-0.2, -0.15) is 4.98 Å². The van der Waals surface area contributed by atoms with E-state index in [2.05, 4.69) is 23.7 Å². The van der Waals surface area contributed by atoms with Crippen LogP contribution in [0.3, 0.4) is 0 Å². The third-order valence-electron chi connectivity index (χ3n) is 7.82. The van der Waals surface area contributed by atoms with Gasteiger partial charge in [0.25, 0.3) is 5.91 Å². The summed E-state index contributed by atoms with van der Waals surface area (Å²) in [5, 5.41) is 0. The van der Waals surface area contributed by atoms with Crippen LogP contribution in [0.15, 0.2) is 59.4 Å². The minimum absolute atomic E-state index is 0.0393.